The number of halogens is 3. The number of thioether (sulfide) groups is 2. The minimum Gasteiger partial charge on any atom is -0.512 e. The van der Waals surface area contributed by atoms with Gasteiger partial charge in [-0.25, -0.2) is 0 Å². The molecule has 4 rings (SSSR count). The summed E-state index contributed by atoms with van der Waals surface area (Å²) in [5.41, 5.74) is -4.69. The molecule has 0 unspecified atom stereocenters. The molecule has 0 aliphatic carbocycles. The van der Waals surface area contributed by atoms with Gasteiger partial charge in [-0.1, -0.05) is 48.5 Å². The number of alkyl halides is 3. The second-order valence-electron chi connectivity index (χ2n) is 6.84. The molecule has 0 aromatic heterocycles. The number of nitrogens with zero attached hydrogens (tertiary/aromatic N) is 2. The van der Waals surface area contributed by atoms with Crippen molar-refractivity contribution < 1.29 is 42.8 Å². The molecule has 4 aromatic rings. The van der Waals surface area contributed by atoms with Crippen LogP contribution in [0, 0.1) is 23.2 Å². The van der Waals surface area contributed by atoms with Crippen LogP contribution >= 0.6 is 23.5 Å². The smallest absolute Gasteiger partial charge is 0.512 e. The third kappa shape index (κ3) is 8.06. The zero-order valence-electron chi connectivity index (χ0n) is 19.2. The van der Waals surface area contributed by atoms with Gasteiger partial charge in [-0.3, -0.25) is 0 Å². The summed E-state index contributed by atoms with van der Waals surface area (Å²) in [6.45, 7) is 4.75. The molecule has 0 amide bonds. The Morgan fingerprint density at radius 1 is 0.811 bits per heavy atom. The number of hydrogen-bond donors (Lipinski definition) is 0. The molecule has 0 aliphatic rings. The Morgan fingerprint density at radius 2 is 1.22 bits per heavy atom. The fraction of sp³-hybridized carbons (Fsp3) is 0.120. The average molecular weight is 611 g/mol. The predicted octanol–water partition coefficient (Wildman–Crippen LogP) is 7.32. The van der Waals surface area contributed by atoms with Gasteiger partial charge in [0, 0.05) is 4.90 Å². The van der Waals surface area contributed by atoms with Crippen LogP contribution < -0.4 is 4.18 Å². The average Bonchev–Trinajstić information content (AvgIpc) is 2.88. The van der Waals surface area contributed by atoms with Crippen LogP contribution in [-0.4, -0.2) is 26.4 Å². The first kappa shape index (κ1) is 32.2. The van der Waals surface area contributed by atoms with E-state index in [-0.39, 0.29) is 22.8 Å². The molecule has 0 N–H and O–H groups in total. The van der Waals surface area contributed by atoms with E-state index < -0.39 is 15.6 Å². The molecule has 0 aliphatic heterocycles. The first-order chi connectivity index (χ1) is 17.1. The van der Waals surface area contributed by atoms with Crippen molar-refractivity contribution in [3.63, 3.8) is 0 Å². The SMILES string of the molecule is CSc1cc2ccccc2cc1C#N.CSc1cc2ccccc2cc1OS(=O)(=O)C(F)(F)F.[C-]#N.[Cu+]. The molecule has 0 saturated carbocycles. The third-order valence-corrected chi connectivity index (χ3v) is 7.21. The topological polar surface area (TPSA) is 90.9 Å². The summed E-state index contributed by atoms with van der Waals surface area (Å²) >= 11 is 2.72. The molecular weight excluding hydrogens is 593 g/mol. The van der Waals surface area contributed by atoms with Crippen molar-refractivity contribution in [3.8, 4) is 11.8 Å². The van der Waals surface area contributed by atoms with Crippen LogP contribution in [-0.2, 0) is 27.2 Å². The zero-order chi connectivity index (χ0) is 26.9. The Hall–Kier alpha value is -2.86. The Morgan fingerprint density at radius 3 is 1.62 bits per heavy atom. The minimum atomic E-state index is -5.67. The summed E-state index contributed by atoms with van der Waals surface area (Å²) in [5.74, 6) is -0.325. The normalized spacial score (nSPS) is 10.6. The van der Waals surface area contributed by atoms with E-state index in [0.717, 1.165) is 33.0 Å². The van der Waals surface area contributed by atoms with E-state index in [4.69, 9.17) is 17.1 Å². The molecule has 12 heteroatoms. The van der Waals surface area contributed by atoms with Gasteiger partial charge in [0.15, 0.2) is 5.75 Å². The fourth-order valence-corrected chi connectivity index (χ4v) is 4.70. The second-order valence-corrected chi connectivity index (χ2v) is 10.1. The fourth-order valence-electron chi connectivity index (χ4n) is 3.06. The van der Waals surface area contributed by atoms with Crippen LogP contribution in [0.1, 0.15) is 5.56 Å². The van der Waals surface area contributed by atoms with Crippen LogP contribution in [0.3, 0.4) is 0 Å². The van der Waals surface area contributed by atoms with Crippen LogP contribution in [0.4, 0.5) is 13.2 Å². The molecule has 0 saturated heterocycles. The van der Waals surface area contributed by atoms with Crippen molar-refractivity contribution in [2.24, 2.45) is 0 Å². The standard InChI is InChI=1S/C12H9F3O3S2.C12H9NS.CN.Cu/c1-19-11-7-9-5-3-2-4-8(9)6-10(11)18-20(16,17)12(13,14)15;1-14-12-7-10-5-3-2-4-9(10)6-11(12)8-13;1-2;/h2-7H,1H3;2-7H,1H3;;/q;;-1;+1. The van der Waals surface area contributed by atoms with Gasteiger partial charge in [0.1, 0.15) is 6.07 Å². The molecule has 0 fully saturated rings. The molecule has 37 heavy (non-hydrogen) atoms. The van der Waals surface area contributed by atoms with Gasteiger partial charge in [0.25, 0.3) is 0 Å². The maximum absolute atomic E-state index is 12.3. The molecule has 4 aromatic carbocycles. The van der Waals surface area contributed by atoms with Gasteiger partial charge in [0.2, 0.25) is 0 Å². The van der Waals surface area contributed by atoms with Gasteiger partial charge in [0.05, 0.1) is 10.5 Å². The van der Waals surface area contributed by atoms with Crippen molar-refractivity contribution in [2.45, 2.75) is 15.3 Å². The van der Waals surface area contributed by atoms with Crippen LogP contribution in [0.2, 0.25) is 0 Å². The number of fused-ring (bicyclic) bond motifs is 2. The van der Waals surface area contributed by atoms with E-state index in [0.29, 0.717) is 10.3 Å². The summed E-state index contributed by atoms with van der Waals surface area (Å²) in [4.78, 5) is 1.36. The second kappa shape index (κ2) is 14.2. The Kier molecular flexibility index (Phi) is 12.3. The summed E-state index contributed by atoms with van der Waals surface area (Å²) < 4.78 is 63.4. The number of nitriles is 1. The Bertz CT molecular complexity index is 1540. The summed E-state index contributed by atoms with van der Waals surface area (Å²) in [7, 11) is -5.67. The molecule has 0 heterocycles. The van der Waals surface area contributed by atoms with Crippen molar-refractivity contribution in [1.29, 1.82) is 10.5 Å². The number of rotatable bonds is 4. The van der Waals surface area contributed by atoms with E-state index in [1.54, 1.807) is 48.3 Å². The monoisotopic (exact) mass is 610 g/mol. The van der Waals surface area contributed by atoms with Crippen molar-refractivity contribution >= 4 is 55.2 Å². The first-order valence-corrected chi connectivity index (χ1v) is 13.7. The summed E-state index contributed by atoms with van der Waals surface area (Å²) in [5, 5.41) is 18.9. The van der Waals surface area contributed by atoms with Gasteiger partial charge < -0.3 is 16.0 Å². The van der Waals surface area contributed by atoms with Crippen molar-refractivity contribution in [1.82, 2.24) is 0 Å². The van der Waals surface area contributed by atoms with Crippen molar-refractivity contribution in [3.05, 3.63) is 84.9 Å². The molecule has 0 bridgehead atoms. The predicted molar refractivity (Wildman–Crippen MR) is 137 cm³/mol. The van der Waals surface area contributed by atoms with Crippen LogP contribution in [0.5, 0.6) is 5.75 Å². The zero-order valence-corrected chi connectivity index (χ0v) is 22.6. The Labute approximate surface area is 232 Å². The minimum absolute atomic E-state index is 0. The first-order valence-electron chi connectivity index (χ1n) is 9.86. The van der Waals surface area contributed by atoms with E-state index in [9.17, 15) is 21.6 Å². The largest absolute Gasteiger partial charge is 1.00 e. The molecule has 5 nitrogen and oxygen atoms in total. The molecule has 0 radical (unpaired) electrons. The molecule has 0 atom stereocenters. The van der Waals surface area contributed by atoms with Gasteiger partial charge in [-0.05, 0) is 58.3 Å². The van der Waals surface area contributed by atoms with E-state index in [2.05, 4.69) is 22.4 Å². The number of hydrogen-bond acceptors (Lipinski definition) is 7. The van der Waals surface area contributed by atoms with Crippen molar-refractivity contribution in [2.75, 3.05) is 12.5 Å². The molecule has 0 spiro atoms. The van der Waals surface area contributed by atoms with Crippen LogP contribution in [0.15, 0.2) is 82.6 Å². The van der Waals surface area contributed by atoms with E-state index in [1.807, 2.05) is 30.5 Å². The van der Waals surface area contributed by atoms with Crippen LogP contribution in [0.25, 0.3) is 21.5 Å². The maximum Gasteiger partial charge on any atom is 1.00 e. The van der Waals surface area contributed by atoms with E-state index >= 15 is 0 Å². The number of benzene rings is 4. The van der Waals surface area contributed by atoms with Gasteiger partial charge in [-0.15, -0.1) is 23.5 Å². The maximum atomic E-state index is 12.3. The molecule has 196 valence electrons. The Balaban J connectivity index is 0.000000354. The summed E-state index contributed by atoms with van der Waals surface area (Å²) in [6.07, 6.45) is 3.61. The van der Waals surface area contributed by atoms with E-state index in [1.165, 1.54) is 11.5 Å². The third-order valence-electron chi connectivity index (χ3n) is 4.70. The molecular formula is C25H18CuF3N2O3S3. The van der Waals surface area contributed by atoms with Gasteiger partial charge >= 0.3 is 32.7 Å². The van der Waals surface area contributed by atoms with Gasteiger partial charge in [-0.2, -0.15) is 26.9 Å². The summed E-state index contributed by atoms with van der Waals surface area (Å²) in [6, 6.07) is 24.1. The quantitative estimate of drug-likeness (QED) is 0.0786.